The minimum Gasteiger partial charge on any atom is -0.0840 e. The Bertz CT molecular complexity index is 596. The number of benzene rings is 2. The summed E-state index contributed by atoms with van der Waals surface area (Å²) in [6.07, 6.45) is 1.82. The minimum atomic E-state index is 0.714. The highest BCUT2D eigenvalue weighted by molar-refractivity contribution is 9.10. The molecule has 0 saturated carbocycles. The van der Waals surface area contributed by atoms with Gasteiger partial charge in [-0.2, -0.15) is 0 Å². The van der Waals surface area contributed by atoms with Gasteiger partial charge in [-0.3, -0.25) is 0 Å². The molecule has 0 saturated heterocycles. The summed E-state index contributed by atoms with van der Waals surface area (Å²) in [5, 5.41) is 3.09. The Morgan fingerprint density at radius 1 is 0.727 bits per heavy atom. The fourth-order valence-corrected chi connectivity index (χ4v) is 3.75. The van der Waals surface area contributed by atoms with Crippen LogP contribution in [0.4, 0.5) is 0 Å². The highest BCUT2D eigenvalue weighted by Crippen LogP contribution is 2.31. The average molecular weight is 443 g/mol. The predicted octanol–water partition coefficient (Wildman–Crippen LogP) is 8.18. The summed E-state index contributed by atoms with van der Waals surface area (Å²) >= 11 is 27.0. The van der Waals surface area contributed by atoms with Gasteiger partial charge in [-0.05, 0) is 76.7 Å². The molecule has 0 radical (unpaired) electrons. The van der Waals surface area contributed by atoms with Gasteiger partial charge in [-0.25, -0.2) is 0 Å². The van der Waals surface area contributed by atoms with Crippen molar-refractivity contribution in [3.63, 3.8) is 0 Å². The molecule has 0 unspecified atom stereocenters. The van der Waals surface area contributed by atoms with E-state index in [0.29, 0.717) is 5.02 Å². The maximum absolute atomic E-state index is 5.94. The van der Waals surface area contributed by atoms with Crippen LogP contribution in [0.1, 0.15) is 30.5 Å². The first kappa shape index (κ1) is 20.1. The lowest BCUT2D eigenvalue weighted by Crippen LogP contribution is -1.88. The monoisotopic (exact) mass is 440 g/mol. The second-order valence-corrected chi connectivity index (χ2v) is 7.08. The normalized spacial score (nSPS) is 10.2. The van der Waals surface area contributed by atoms with E-state index in [1.807, 2.05) is 32.0 Å². The molecule has 0 nitrogen and oxygen atoms in total. The molecule has 0 bridgehead atoms. The molecule has 0 N–H and O–H groups in total. The number of hydrogen-bond donors (Lipinski definition) is 0. The van der Waals surface area contributed by atoms with E-state index < -0.39 is 0 Å². The van der Waals surface area contributed by atoms with Crippen LogP contribution in [-0.4, -0.2) is 0 Å². The summed E-state index contributed by atoms with van der Waals surface area (Å²) in [7, 11) is 0. The Balaban J connectivity index is 0.000000220. The lowest BCUT2D eigenvalue weighted by atomic mass is 10.1. The van der Waals surface area contributed by atoms with Gasteiger partial charge in [0.15, 0.2) is 0 Å². The van der Waals surface area contributed by atoms with E-state index in [1.165, 1.54) is 0 Å². The van der Waals surface area contributed by atoms with Crippen molar-refractivity contribution in [3.8, 4) is 0 Å². The van der Waals surface area contributed by atoms with Crippen LogP contribution in [0.5, 0.6) is 0 Å². The van der Waals surface area contributed by atoms with Crippen LogP contribution in [-0.2, 0) is 12.8 Å². The number of hydrogen-bond acceptors (Lipinski definition) is 0. The first-order valence-corrected chi connectivity index (χ1v) is 9.19. The van der Waals surface area contributed by atoms with Crippen molar-refractivity contribution in [2.24, 2.45) is 0 Å². The summed E-state index contributed by atoms with van der Waals surface area (Å²) in [5.41, 5.74) is 3.32. The molecule has 120 valence electrons. The molecule has 0 aliphatic carbocycles. The zero-order valence-electron chi connectivity index (χ0n) is 12.6. The Morgan fingerprint density at radius 2 is 1.14 bits per heavy atom. The van der Waals surface area contributed by atoms with Crippen molar-refractivity contribution in [2.75, 3.05) is 0 Å². The molecule has 2 aromatic rings. The van der Waals surface area contributed by atoms with Gasteiger partial charge >= 0.3 is 0 Å². The molecule has 5 heteroatoms. The number of halogens is 5. The lowest BCUT2D eigenvalue weighted by molar-refractivity contribution is 1.11. The van der Waals surface area contributed by atoms with Crippen LogP contribution in [0.3, 0.4) is 0 Å². The van der Waals surface area contributed by atoms with E-state index in [2.05, 4.69) is 22.9 Å². The average Bonchev–Trinajstić information content (AvgIpc) is 2.49. The summed E-state index contributed by atoms with van der Waals surface area (Å²) < 4.78 is 0.911. The molecule has 0 fully saturated rings. The third kappa shape index (κ3) is 5.04. The second kappa shape index (κ2) is 9.39. The molecule has 0 spiro atoms. The fourth-order valence-electron chi connectivity index (χ4n) is 2.02. The van der Waals surface area contributed by atoms with E-state index in [1.54, 1.807) is 6.07 Å². The largest absolute Gasteiger partial charge is 0.0840 e. The minimum absolute atomic E-state index is 0.714. The maximum Gasteiger partial charge on any atom is 0.0551 e. The van der Waals surface area contributed by atoms with E-state index in [9.17, 15) is 0 Å². The third-order valence-electron chi connectivity index (χ3n) is 3.32. The van der Waals surface area contributed by atoms with Crippen LogP contribution < -0.4 is 0 Å². The summed E-state index contributed by atoms with van der Waals surface area (Å²) in [4.78, 5) is 0. The molecule has 0 aliphatic heterocycles. The zero-order valence-corrected chi connectivity index (χ0v) is 17.2. The van der Waals surface area contributed by atoms with Crippen molar-refractivity contribution in [2.45, 2.75) is 33.6 Å². The van der Waals surface area contributed by atoms with Gasteiger partial charge in [0.25, 0.3) is 0 Å². The summed E-state index contributed by atoms with van der Waals surface area (Å²) in [6, 6.07) is 7.27. The molecule has 2 rings (SSSR count). The highest BCUT2D eigenvalue weighted by atomic mass is 79.9. The Morgan fingerprint density at radius 3 is 1.55 bits per heavy atom. The predicted molar refractivity (Wildman–Crippen MR) is 104 cm³/mol. The van der Waals surface area contributed by atoms with Crippen molar-refractivity contribution in [3.05, 3.63) is 65.5 Å². The molecule has 0 aromatic heterocycles. The van der Waals surface area contributed by atoms with E-state index in [-0.39, 0.29) is 0 Å². The van der Waals surface area contributed by atoms with Gasteiger partial charge in [0.1, 0.15) is 0 Å². The molecule has 22 heavy (non-hydrogen) atoms. The molecule has 0 heterocycles. The maximum atomic E-state index is 5.94. The molecule has 0 atom stereocenters. The first-order valence-electron chi connectivity index (χ1n) is 6.89. The van der Waals surface area contributed by atoms with Gasteiger partial charge in [0, 0.05) is 19.5 Å². The standard InChI is InChI=1S/C9H10Cl2.C8H7BrCl2/c1-3-7-6(2)8(10)4-5-9(7)11;1-2-5-6(10)3-4-7(11)8(5)9/h4-5H,3H2,1-2H3;3-4H,2H2,1H3. The summed E-state index contributed by atoms with van der Waals surface area (Å²) in [5.74, 6) is 0. The zero-order chi connectivity index (χ0) is 16.9. The Hall–Kier alpha value is 0.0800. The van der Waals surface area contributed by atoms with Crippen LogP contribution in [0.25, 0.3) is 0 Å². The van der Waals surface area contributed by atoms with Crippen LogP contribution in [0.15, 0.2) is 28.7 Å². The van der Waals surface area contributed by atoms with Gasteiger partial charge in [-0.15, -0.1) is 0 Å². The second-order valence-electron chi connectivity index (χ2n) is 4.66. The van der Waals surface area contributed by atoms with Gasteiger partial charge in [0.2, 0.25) is 0 Å². The first-order chi connectivity index (χ1) is 10.3. The molecule has 2 aromatic carbocycles. The quantitative estimate of drug-likeness (QED) is 0.411. The Kier molecular flexibility index (Phi) is 8.59. The van der Waals surface area contributed by atoms with Crippen LogP contribution >= 0.6 is 62.3 Å². The van der Waals surface area contributed by atoms with Crippen molar-refractivity contribution < 1.29 is 0 Å². The molecule has 0 amide bonds. The topological polar surface area (TPSA) is 0 Å². The third-order valence-corrected chi connectivity index (χ3v) is 5.89. The summed E-state index contributed by atoms with van der Waals surface area (Å²) in [6.45, 7) is 6.11. The van der Waals surface area contributed by atoms with Crippen molar-refractivity contribution >= 4 is 62.3 Å². The van der Waals surface area contributed by atoms with E-state index >= 15 is 0 Å². The van der Waals surface area contributed by atoms with Gasteiger partial charge in [0.05, 0.1) is 5.02 Å². The van der Waals surface area contributed by atoms with Gasteiger partial charge in [-0.1, -0.05) is 60.3 Å². The smallest absolute Gasteiger partial charge is 0.0551 e. The van der Waals surface area contributed by atoms with Crippen LogP contribution in [0.2, 0.25) is 20.1 Å². The lowest BCUT2D eigenvalue weighted by Gasteiger charge is -2.06. The highest BCUT2D eigenvalue weighted by Gasteiger charge is 2.06. The van der Waals surface area contributed by atoms with E-state index in [4.69, 9.17) is 46.4 Å². The van der Waals surface area contributed by atoms with E-state index in [0.717, 1.165) is 49.1 Å². The molecular formula is C17H17BrCl4. The number of rotatable bonds is 2. The molecular weight excluding hydrogens is 426 g/mol. The Labute approximate surface area is 160 Å². The SMILES string of the molecule is CCc1c(Cl)ccc(Cl)c1Br.CCc1c(Cl)ccc(Cl)c1C. The van der Waals surface area contributed by atoms with Crippen molar-refractivity contribution in [1.29, 1.82) is 0 Å². The van der Waals surface area contributed by atoms with Gasteiger partial charge < -0.3 is 0 Å². The fraction of sp³-hybridized carbons (Fsp3) is 0.294. The van der Waals surface area contributed by atoms with Crippen LogP contribution in [0, 0.1) is 6.92 Å². The van der Waals surface area contributed by atoms with Crippen molar-refractivity contribution in [1.82, 2.24) is 0 Å². The molecule has 0 aliphatic rings.